The molecule has 3 rings (SSSR count). The number of rotatable bonds is 2. The van der Waals surface area contributed by atoms with Crippen LogP contribution in [0, 0.1) is 0 Å². The van der Waals surface area contributed by atoms with Gasteiger partial charge in [0.25, 0.3) is 5.56 Å². The van der Waals surface area contributed by atoms with Crippen molar-refractivity contribution in [3.05, 3.63) is 58.1 Å². The molecule has 1 aromatic heterocycles. The fourth-order valence-corrected chi connectivity index (χ4v) is 2.27. The molecule has 1 N–H and O–H groups in total. The second kappa shape index (κ2) is 4.64. The Morgan fingerprint density at radius 3 is 2.94 bits per heavy atom. The Hall–Kier alpha value is -2.10. The highest BCUT2D eigenvalue weighted by atomic mass is 16.1. The van der Waals surface area contributed by atoms with Gasteiger partial charge in [0.05, 0.1) is 12.1 Å². The van der Waals surface area contributed by atoms with E-state index in [1.807, 2.05) is 30.3 Å². The molecule has 0 radical (unpaired) electrons. The van der Waals surface area contributed by atoms with E-state index in [-0.39, 0.29) is 5.56 Å². The van der Waals surface area contributed by atoms with Crippen LogP contribution in [0.25, 0.3) is 0 Å². The quantitative estimate of drug-likeness (QED) is 0.869. The molecule has 0 unspecified atom stereocenters. The molecule has 2 aromatic rings. The molecule has 4 heteroatoms. The Balaban J connectivity index is 1.96. The van der Waals surface area contributed by atoms with Gasteiger partial charge < -0.3 is 5.32 Å². The van der Waals surface area contributed by atoms with E-state index in [1.54, 1.807) is 10.9 Å². The van der Waals surface area contributed by atoms with Crippen LogP contribution in [-0.4, -0.2) is 16.1 Å². The fraction of sp³-hybridized carbons (Fsp3) is 0.286. The van der Waals surface area contributed by atoms with Gasteiger partial charge in [-0.2, -0.15) is 0 Å². The highest BCUT2D eigenvalue weighted by Crippen LogP contribution is 2.14. The first-order valence-electron chi connectivity index (χ1n) is 6.21. The van der Waals surface area contributed by atoms with Crippen molar-refractivity contribution >= 4 is 5.82 Å². The number of hydrogen-bond donors (Lipinski definition) is 1. The van der Waals surface area contributed by atoms with Crippen molar-refractivity contribution in [2.75, 3.05) is 11.9 Å². The minimum atomic E-state index is 0.0797. The number of fused-ring (bicyclic) bond motifs is 1. The van der Waals surface area contributed by atoms with Gasteiger partial charge in [-0.3, -0.25) is 9.36 Å². The van der Waals surface area contributed by atoms with E-state index in [0.717, 1.165) is 36.3 Å². The zero-order valence-electron chi connectivity index (χ0n) is 10.1. The maximum absolute atomic E-state index is 12.3. The Labute approximate surface area is 105 Å². The van der Waals surface area contributed by atoms with Crippen LogP contribution in [0.1, 0.15) is 17.5 Å². The highest BCUT2D eigenvalue weighted by Gasteiger charge is 2.14. The molecule has 1 aromatic carbocycles. The number of anilines is 1. The summed E-state index contributed by atoms with van der Waals surface area (Å²) in [6, 6.07) is 9.97. The first kappa shape index (κ1) is 11.0. The SMILES string of the molecule is O=c1c2c(ncn1Cc1ccccc1)NCCC2. The van der Waals surface area contributed by atoms with E-state index < -0.39 is 0 Å². The smallest absolute Gasteiger partial charge is 0.258 e. The molecule has 0 aliphatic carbocycles. The third kappa shape index (κ3) is 2.01. The van der Waals surface area contributed by atoms with Crippen LogP contribution in [0.5, 0.6) is 0 Å². The molecule has 0 atom stereocenters. The molecule has 4 nitrogen and oxygen atoms in total. The first-order valence-corrected chi connectivity index (χ1v) is 6.21. The van der Waals surface area contributed by atoms with Crippen LogP contribution in [-0.2, 0) is 13.0 Å². The van der Waals surface area contributed by atoms with Gasteiger partial charge in [0.2, 0.25) is 0 Å². The monoisotopic (exact) mass is 241 g/mol. The van der Waals surface area contributed by atoms with Gasteiger partial charge in [-0.25, -0.2) is 4.98 Å². The molecule has 0 saturated carbocycles. The van der Waals surface area contributed by atoms with Crippen molar-refractivity contribution in [1.29, 1.82) is 0 Å². The van der Waals surface area contributed by atoms with Crippen LogP contribution in [0.15, 0.2) is 41.5 Å². The largest absolute Gasteiger partial charge is 0.370 e. The predicted molar refractivity (Wildman–Crippen MR) is 70.9 cm³/mol. The lowest BCUT2D eigenvalue weighted by molar-refractivity contribution is 0.698. The van der Waals surface area contributed by atoms with Gasteiger partial charge in [0.15, 0.2) is 0 Å². The molecule has 1 aliphatic heterocycles. The molecular formula is C14H15N3O. The van der Waals surface area contributed by atoms with Gasteiger partial charge in [-0.1, -0.05) is 30.3 Å². The van der Waals surface area contributed by atoms with E-state index in [9.17, 15) is 4.79 Å². The van der Waals surface area contributed by atoms with E-state index in [0.29, 0.717) is 6.54 Å². The Morgan fingerprint density at radius 2 is 2.11 bits per heavy atom. The number of benzene rings is 1. The Morgan fingerprint density at radius 1 is 1.28 bits per heavy atom. The molecule has 0 spiro atoms. The topological polar surface area (TPSA) is 46.9 Å². The second-order valence-electron chi connectivity index (χ2n) is 4.52. The van der Waals surface area contributed by atoms with Crippen molar-refractivity contribution < 1.29 is 0 Å². The maximum atomic E-state index is 12.3. The molecule has 0 amide bonds. The zero-order valence-corrected chi connectivity index (χ0v) is 10.1. The third-order valence-corrected chi connectivity index (χ3v) is 3.22. The Bertz CT molecular complexity index is 604. The number of nitrogens with zero attached hydrogens (tertiary/aromatic N) is 2. The van der Waals surface area contributed by atoms with Gasteiger partial charge in [-0.05, 0) is 18.4 Å². The van der Waals surface area contributed by atoms with Crippen molar-refractivity contribution in [3.63, 3.8) is 0 Å². The number of aromatic nitrogens is 2. The standard InChI is InChI=1S/C14H15N3O/c18-14-12-7-4-8-15-13(12)16-10-17(14)9-11-5-2-1-3-6-11/h1-3,5-6,10,15H,4,7-9H2. The molecule has 2 heterocycles. The molecule has 0 fully saturated rings. The van der Waals surface area contributed by atoms with Crippen LogP contribution in [0.2, 0.25) is 0 Å². The summed E-state index contributed by atoms with van der Waals surface area (Å²) in [6.07, 6.45) is 3.45. The highest BCUT2D eigenvalue weighted by molar-refractivity contribution is 5.44. The minimum Gasteiger partial charge on any atom is -0.370 e. The molecule has 92 valence electrons. The number of hydrogen-bond acceptors (Lipinski definition) is 3. The summed E-state index contributed by atoms with van der Waals surface area (Å²) in [7, 11) is 0. The second-order valence-corrected chi connectivity index (χ2v) is 4.52. The predicted octanol–water partition coefficient (Wildman–Crippen LogP) is 1.65. The average Bonchev–Trinajstić information content (AvgIpc) is 2.43. The summed E-state index contributed by atoms with van der Waals surface area (Å²) in [5.74, 6) is 0.760. The van der Waals surface area contributed by atoms with Gasteiger partial charge in [-0.15, -0.1) is 0 Å². The lowest BCUT2D eigenvalue weighted by Crippen LogP contribution is -2.29. The van der Waals surface area contributed by atoms with Gasteiger partial charge in [0, 0.05) is 6.54 Å². The molecular weight excluding hydrogens is 226 g/mol. The lowest BCUT2D eigenvalue weighted by Gasteiger charge is -2.17. The van der Waals surface area contributed by atoms with Gasteiger partial charge >= 0.3 is 0 Å². The lowest BCUT2D eigenvalue weighted by atomic mass is 10.1. The molecule has 0 saturated heterocycles. The zero-order chi connectivity index (χ0) is 12.4. The van der Waals surface area contributed by atoms with Crippen molar-refractivity contribution in [1.82, 2.24) is 9.55 Å². The van der Waals surface area contributed by atoms with Crippen LogP contribution < -0.4 is 10.9 Å². The molecule has 0 bridgehead atoms. The summed E-state index contributed by atoms with van der Waals surface area (Å²) >= 11 is 0. The first-order chi connectivity index (χ1) is 8.84. The van der Waals surface area contributed by atoms with Crippen molar-refractivity contribution in [2.24, 2.45) is 0 Å². The van der Waals surface area contributed by atoms with Crippen LogP contribution in [0.4, 0.5) is 5.82 Å². The normalized spacial score (nSPS) is 13.8. The molecule has 18 heavy (non-hydrogen) atoms. The maximum Gasteiger partial charge on any atom is 0.258 e. The van der Waals surface area contributed by atoms with E-state index in [4.69, 9.17) is 0 Å². The van der Waals surface area contributed by atoms with Gasteiger partial charge in [0.1, 0.15) is 12.1 Å². The number of nitrogens with one attached hydrogen (secondary N) is 1. The summed E-state index contributed by atoms with van der Waals surface area (Å²) in [6.45, 7) is 1.49. The average molecular weight is 241 g/mol. The van der Waals surface area contributed by atoms with Crippen LogP contribution in [0.3, 0.4) is 0 Å². The minimum absolute atomic E-state index is 0.0797. The summed E-state index contributed by atoms with van der Waals surface area (Å²) in [5, 5.41) is 3.17. The van der Waals surface area contributed by atoms with E-state index >= 15 is 0 Å². The van der Waals surface area contributed by atoms with Crippen molar-refractivity contribution in [2.45, 2.75) is 19.4 Å². The summed E-state index contributed by atoms with van der Waals surface area (Å²) < 4.78 is 1.68. The van der Waals surface area contributed by atoms with Crippen molar-refractivity contribution in [3.8, 4) is 0 Å². The van der Waals surface area contributed by atoms with E-state index in [1.165, 1.54) is 0 Å². The Kier molecular flexibility index (Phi) is 2.84. The third-order valence-electron chi connectivity index (χ3n) is 3.22. The fourth-order valence-electron chi connectivity index (χ4n) is 2.27. The molecule has 1 aliphatic rings. The van der Waals surface area contributed by atoms with Crippen LogP contribution >= 0.6 is 0 Å². The summed E-state index contributed by atoms with van der Waals surface area (Å²) in [5.41, 5.74) is 2.01. The van der Waals surface area contributed by atoms with E-state index in [2.05, 4.69) is 10.3 Å². The summed E-state index contributed by atoms with van der Waals surface area (Å²) in [4.78, 5) is 16.6.